The van der Waals surface area contributed by atoms with Crippen LogP contribution in [0.5, 0.6) is 5.75 Å². The molecule has 1 heterocycles. The molecule has 0 bridgehead atoms. The lowest BCUT2D eigenvalue weighted by atomic mass is 10.0. The van der Waals surface area contributed by atoms with Crippen molar-refractivity contribution in [3.05, 3.63) is 18.3 Å². The van der Waals surface area contributed by atoms with Gasteiger partial charge in [0.1, 0.15) is 17.6 Å². The van der Waals surface area contributed by atoms with Gasteiger partial charge in [-0.15, -0.1) is 0 Å². The van der Waals surface area contributed by atoms with E-state index in [1.807, 2.05) is 13.8 Å². The molecule has 0 radical (unpaired) electrons. The molecule has 0 fully saturated rings. The summed E-state index contributed by atoms with van der Waals surface area (Å²) in [5.41, 5.74) is 0. The van der Waals surface area contributed by atoms with Crippen molar-refractivity contribution in [2.75, 3.05) is 19.5 Å². The average molecular weight is 238 g/mol. The van der Waals surface area contributed by atoms with Crippen molar-refractivity contribution in [1.82, 2.24) is 4.98 Å². The van der Waals surface area contributed by atoms with Crippen molar-refractivity contribution in [3.8, 4) is 5.75 Å². The van der Waals surface area contributed by atoms with E-state index in [0.717, 1.165) is 0 Å². The third kappa shape index (κ3) is 3.62. The van der Waals surface area contributed by atoms with Crippen LogP contribution in [0, 0.1) is 5.92 Å². The summed E-state index contributed by atoms with van der Waals surface area (Å²) < 4.78 is 9.75. The van der Waals surface area contributed by atoms with E-state index in [2.05, 4.69) is 10.3 Å². The molecule has 0 saturated heterocycles. The van der Waals surface area contributed by atoms with Gasteiger partial charge < -0.3 is 14.8 Å². The number of hydrogen-bond acceptors (Lipinski definition) is 5. The molecule has 0 saturated carbocycles. The first-order valence-electron chi connectivity index (χ1n) is 5.43. The van der Waals surface area contributed by atoms with Gasteiger partial charge >= 0.3 is 5.97 Å². The maximum atomic E-state index is 11.5. The van der Waals surface area contributed by atoms with Crippen LogP contribution in [0.15, 0.2) is 18.3 Å². The van der Waals surface area contributed by atoms with Gasteiger partial charge in [-0.2, -0.15) is 0 Å². The molecule has 1 atom stereocenters. The maximum Gasteiger partial charge on any atom is 0.328 e. The second-order valence-electron chi connectivity index (χ2n) is 3.97. The summed E-state index contributed by atoms with van der Waals surface area (Å²) in [6.45, 7) is 3.89. The second-order valence-corrected chi connectivity index (χ2v) is 3.97. The van der Waals surface area contributed by atoms with Crippen LogP contribution in [-0.4, -0.2) is 31.2 Å². The van der Waals surface area contributed by atoms with E-state index < -0.39 is 6.04 Å². The van der Waals surface area contributed by atoms with E-state index in [9.17, 15) is 4.79 Å². The molecule has 1 aromatic rings. The minimum atomic E-state index is -0.402. The fourth-order valence-corrected chi connectivity index (χ4v) is 1.37. The standard InChI is InChI=1S/C12H18N2O3/c1-8(2)11(12(15)17-4)14-10-6-5-9(16-3)7-13-10/h5-8,11H,1-4H3,(H,13,14). The molecule has 0 aliphatic rings. The summed E-state index contributed by atoms with van der Waals surface area (Å²) in [7, 11) is 2.95. The predicted octanol–water partition coefficient (Wildman–Crippen LogP) is 1.70. The summed E-state index contributed by atoms with van der Waals surface area (Å²) in [4.78, 5) is 15.7. The smallest absolute Gasteiger partial charge is 0.328 e. The molecule has 1 unspecified atom stereocenters. The Morgan fingerprint density at radius 1 is 1.35 bits per heavy atom. The number of rotatable bonds is 5. The Balaban J connectivity index is 2.75. The van der Waals surface area contributed by atoms with Gasteiger partial charge in [-0.05, 0) is 18.1 Å². The number of carbonyl (C=O) groups is 1. The lowest BCUT2D eigenvalue weighted by molar-refractivity contribution is -0.142. The highest BCUT2D eigenvalue weighted by Crippen LogP contribution is 2.15. The number of nitrogens with zero attached hydrogens (tertiary/aromatic N) is 1. The first-order valence-corrected chi connectivity index (χ1v) is 5.43. The lowest BCUT2D eigenvalue weighted by Crippen LogP contribution is -2.35. The lowest BCUT2D eigenvalue weighted by Gasteiger charge is -2.20. The number of nitrogens with one attached hydrogen (secondary N) is 1. The van der Waals surface area contributed by atoms with Crippen molar-refractivity contribution in [2.45, 2.75) is 19.9 Å². The Bertz CT molecular complexity index is 363. The fraction of sp³-hybridized carbons (Fsp3) is 0.500. The van der Waals surface area contributed by atoms with E-state index in [1.54, 1.807) is 25.4 Å². The molecule has 0 aliphatic carbocycles. The molecule has 0 aliphatic heterocycles. The summed E-state index contributed by atoms with van der Waals surface area (Å²) in [6.07, 6.45) is 1.59. The van der Waals surface area contributed by atoms with Crippen LogP contribution in [0.4, 0.5) is 5.82 Å². The van der Waals surface area contributed by atoms with Crippen LogP contribution in [0.2, 0.25) is 0 Å². The molecule has 0 aromatic carbocycles. The third-order valence-electron chi connectivity index (χ3n) is 2.40. The molecule has 1 N–H and O–H groups in total. The molecule has 5 heteroatoms. The average Bonchev–Trinajstić information content (AvgIpc) is 2.35. The van der Waals surface area contributed by atoms with Gasteiger partial charge in [0.05, 0.1) is 20.4 Å². The number of esters is 1. The van der Waals surface area contributed by atoms with Crippen molar-refractivity contribution >= 4 is 11.8 Å². The normalized spacial score (nSPS) is 12.1. The predicted molar refractivity (Wildman–Crippen MR) is 65.1 cm³/mol. The zero-order valence-electron chi connectivity index (χ0n) is 10.6. The van der Waals surface area contributed by atoms with Gasteiger partial charge in [-0.3, -0.25) is 0 Å². The first-order chi connectivity index (χ1) is 8.08. The highest BCUT2D eigenvalue weighted by molar-refractivity contribution is 5.79. The van der Waals surface area contributed by atoms with Crippen molar-refractivity contribution in [1.29, 1.82) is 0 Å². The molecule has 0 amide bonds. The SMILES string of the molecule is COC(=O)C(Nc1ccc(OC)cn1)C(C)C. The summed E-state index contributed by atoms with van der Waals surface area (Å²) in [5, 5.41) is 3.04. The van der Waals surface area contributed by atoms with Crippen LogP contribution in [0.25, 0.3) is 0 Å². The number of pyridine rings is 1. The summed E-state index contributed by atoms with van der Waals surface area (Å²) >= 11 is 0. The molecule has 94 valence electrons. The zero-order chi connectivity index (χ0) is 12.8. The van der Waals surface area contributed by atoms with Crippen LogP contribution in [0.3, 0.4) is 0 Å². The minimum Gasteiger partial charge on any atom is -0.495 e. The van der Waals surface area contributed by atoms with Gasteiger partial charge in [-0.25, -0.2) is 9.78 Å². The Hall–Kier alpha value is -1.78. The maximum absolute atomic E-state index is 11.5. The number of ether oxygens (including phenoxy) is 2. The molecule has 1 aromatic heterocycles. The topological polar surface area (TPSA) is 60.5 Å². The molecule has 0 spiro atoms. The van der Waals surface area contributed by atoms with E-state index in [-0.39, 0.29) is 11.9 Å². The quantitative estimate of drug-likeness (QED) is 0.791. The van der Waals surface area contributed by atoms with Crippen molar-refractivity contribution < 1.29 is 14.3 Å². The van der Waals surface area contributed by atoms with Gasteiger partial charge in [0, 0.05) is 0 Å². The number of aromatic nitrogens is 1. The highest BCUT2D eigenvalue weighted by Gasteiger charge is 2.22. The van der Waals surface area contributed by atoms with Crippen LogP contribution in [-0.2, 0) is 9.53 Å². The minimum absolute atomic E-state index is 0.117. The van der Waals surface area contributed by atoms with E-state index in [1.165, 1.54) is 7.11 Å². The fourth-order valence-electron chi connectivity index (χ4n) is 1.37. The highest BCUT2D eigenvalue weighted by atomic mass is 16.5. The van der Waals surface area contributed by atoms with Crippen molar-refractivity contribution in [2.24, 2.45) is 5.92 Å². The third-order valence-corrected chi connectivity index (χ3v) is 2.40. The molecule has 5 nitrogen and oxygen atoms in total. The van der Waals surface area contributed by atoms with Gasteiger partial charge in [-0.1, -0.05) is 13.8 Å². The number of hydrogen-bond donors (Lipinski definition) is 1. The molecular formula is C12H18N2O3. The van der Waals surface area contributed by atoms with Gasteiger partial charge in [0.15, 0.2) is 0 Å². The van der Waals surface area contributed by atoms with Crippen LogP contribution < -0.4 is 10.1 Å². The number of anilines is 1. The van der Waals surface area contributed by atoms with Crippen LogP contribution in [0.1, 0.15) is 13.8 Å². The van der Waals surface area contributed by atoms with Crippen LogP contribution >= 0.6 is 0 Å². The van der Waals surface area contributed by atoms with Crippen molar-refractivity contribution in [3.63, 3.8) is 0 Å². The van der Waals surface area contributed by atoms with Gasteiger partial charge in [0.25, 0.3) is 0 Å². The Labute approximate surface area is 101 Å². The van der Waals surface area contributed by atoms with Gasteiger partial charge in [0.2, 0.25) is 0 Å². The van der Waals surface area contributed by atoms with E-state index in [0.29, 0.717) is 11.6 Å². The summed E-state index contributed by atoms with van der Waals surface area (Å²) in [5.74, 6) is 1.12. The zero-order valence-corrected chi connectivity index (χ0v) is 10.6. The number of methoxy groups -OCH3 is 2. The molecule has 1 rings (SSSR count). The molecule has 17 heavy (non-hydrogen) atoms. The van der Waals surface area contributed by atoms with E-state index >= 15 is 0 Å². The summed E-state index contributed by atoms with van der Waals surface area (Å²) in [6, 6.07) is 3.14. The second kappa shape index (κ2) is 6.08. The Morgan fingerprint density at radius 3 is 2.47 bits per heavy atom. The monoisotopic (exact) mass is 238 g/mol. The molecular weight excluding hydrogens is 220 g/mol. The largest absolute Gasteiger partial charge is 0.495 e. The number of carbonyl (C=O) groups excluding carboxylic acids is 1. The van der Waals surface area contributed by atoms with E-state index in [4.69, 9.17) is 9.47 Å². The first kappa shape index (κ1) is 13.3. The Morgan fingerprint density at radius 2 is 2.06 bits per heavy atom. The Kier molecular flexibility index (Phi) is 4.75.